The van der Waals surface area contributed by atoms with Crippen LogP contribution in [-0.4, -0.2) is 37.0 Å². The molecule has 0 aliphatic carbocycles. The first kappa shape index (κ1) is 11.3. The third kappa shape index (κ3) is 1.55. The van der Waals surface area contributed by atoms with Crippen molar-refractivity contribution < 1.29 is 26.7 Å². The molecule has 0 amide bonds. The summed E-state index contributed by atoms with van der Waals surface area (Å²) < 4.78 is 60.1. The van der Waals surface area contributed by atoms with E-state index in [4.69, 9.17) is 0 Å². The molecule has 0 atom stereocenters. The Labute approximate surface area is 64.9 Å². The molecule has 2 nitrogen and oxygen atoms in total. The highest BCUT2D eigenvalue weighted by Gasteiger charge is 2.64. The largest absolute Gasteiger partial charge is 0.412 e. The van der Waals surface area contributed by atoms with Gasteiger partial charge in [-0.2, -0.15) is 22.0 Å². The van der Waals surface area contributed by atoms with Gasteiger partial charge in [0.1, 0.15) is 0 Å². The summed E-state index contributed by atoms with van der Waals surface area (Å²) in [5, 5.41) is 0. The molecule has 7 heteroatoms. The summed E-state index contributed by atoms with van der Waals surface area (Å²) in [6.07, 6.45) is 0. The first-order valence-corrected chi connectivity index (χ1v) is 2.77. The van der Waals surface area contributed by atoms with E-state index >= 15 is 0 Å². The van der Waals surface area contributed by atoms with Crippen LogP contribution in [0.25, 0.3) is 0 Å². The predicted octanol–water partition coefficient (Wildman–Crippen LogP) is 1.27. The van der Waals surface area contributed by atoms with Gasteiger partial charge in [0.05, 0.1) is 0 Å². The Morgan fingerprint density at radius 1 is 1.17 bits per heavy atom. The second kappa shape index (κ2) is 2.96. The molecule has 72 valence electrons. The average Bonchev–Trinajstić information content (AvgIpc) is 1.86. The average molecular weight is 191 g/mol. The molecular formula is C5H6F5NO. The highest BCUT2D eigenvalue weighted by atomic mass is 19.3. The summed E-state index contributed by atoms with van der Waals surface area (Å²) in [6, 6.07) is -8.15. The second-order valence-corrected chi connectivity index (χ2v) is 2.28. The van der Waals surface area contributed by atoms with E-state index in [1.54, 1.807) is 0 Å². The zero-order valence-corrected chi connectivity index (χ0v) is 6.25. The number of carbonyl (C=O) groups excluding carboxylic acids is 1. The van der Waals surface area contributed by atoms with Crippen LogP contribution in [0.3, 0.4) is 0 Å². The maximum Gasteiger partial charge on any atom is 0.412 e. The lowest BCUT2D eigenvalue weighted by Gasteiger charge is -2.27. The molecule has 0 unspecified atom stereocenters. The number of halogens is 5. The lowest BCUT2D eigenvalue weighted by molar-refractivity contribution is -0.267. The fraction of sp³-hybridized carbons (Fsp3) is 0.800. The van der Waals surface area contributed by atoms with Crippen LogP contribution in [0, 0.1) is 0 Å². The van der Waals surface area contributed by atoms with Gasteiger partial charge in [-0.3, -0.25) is 4.79 Å². The van der Waals surface area contributed by atoms with Gasteiger partial charge in [0, 0.05) is 0 Å². The number of hydrogen-bond acceptors (Lipinski definition) is 2. The van der Waals surface area contributed by atoms with Crippen LogP contribution >= 0.6 is 0 Å². The van der Waals surface area contributed by atoms with E-state index in [2.05, 4.69) is 0 Å². The summed E-state index contributed by atoms with van der Waals surface area (Å²) in [5.41, 5.74) is 0. The van der Waals surface area contributed by atoms with E-state index < -0.39 is 18.0 Å². The van der Waals surface area contributed by atoms with Crippen molar-refractivity contribution in [3.05, 3.63) is 0 Å². The Kier molecular flexibility index (Phi) is 2.79. The Morgan fingerprint density at radius 2 is 1.50 bits per heavy atom. The van der Waals surface area contributed by atoms with E-state index in [9.17, 15) is 26.7 Å². The van der Waals surface area contributed by atoms with Crippen LogP contribution in [0.2, 0.25) is 0 Å². The van der Waals surface area contributed by atoms with Gasteiger partial charge in [0.2, 0.25) is 0 Å². The summed E-state index contributed by atoms with van der Waals surface area (Å²) in [5.74, 6) is -5.30. The Morgan fingerprint density at radius 3 is 1.58 bits per heavy atom. The minimum atomic E-state index is -5.30. The number of carbonyl (C=O) groups is 1. The Balaban J connectivity index is 4.88. The molecule has 0 fully saturated rings. The first-order valence-electron chi connectivity index (χ1n) is 2.77. The standard InChI is InChI=1S/C5H6F5NO/c1-11(2)5(9,10)4(7,8)3(6)12/h1-2H3. The van der Waals surface area contributed by atoms with Crippen molar-refractivity contribution in [2.45, 2.75) is 12.0 Å². The van der Waals surface area contributed by atoms with Gasteiger partial charge in [-0.05, 0) is 14.1 Å². The van der Waals surface area contributed by atoms with Gasteiger partial charge < -0.3 is 0 Å². The SMILES string of the molecule is CN(C)C(F)(F)C(F)(F)C(=O)F. The van der Waals surface area contributed by atoms with E-state index in [1.807, 2.05) is 0 Å². The predicted molar refractivity (Wildman–Crippen MR) is 29.7 cm³/mol. The molecule has 0 rings (SSSR count). The highest BCUT2D eigenvalue weighted by Crippen LogP contribution is 2.36. The number of alkyl halides is 4. The zero-order valence-electron chi connectivity index (χ0n) is 6.25. The number of hydrogen-bond donors (Lipinski definition) is 0. The molecule has 0 heterocycles. The molecule has 0 aromatic rings. The Hall–Kier alpha value is -0.720. The van der Waals surface area contributed by atoms with Crippen molar-refractivity contribution in [1.29, 1.82) is 0 Å². The van der Waals surface area contributed by atoms with Gasteiger partial charge in [-0.1, -0.05) is 0 Å². The van der Waals surface area contributed by atoms with E-state index in [0.717, 1.165) is 0 Å². The van der Waals surface area contributed by atoms with E-state index in [-0.39, 0.29) is 4.90 Å². The molecule has 0 radical (unpaired) electrons. The van der Waals surface area contributed by atoms with E-state index in [0.29, 0.717) is 14.1 Å². The second-order valence-electron chi connectivity index (χ2n) is 2.28. The monoisotopic (exact) mass is 191 g/mol. The van der Waals surface area contributed by atoms with Crippen LogP contribution < -0.4 is 0 Å². The molecule has 0 saturated heterocycles. The molecule has 0 saturated carbocycles. The molecule has 0 aliphatic heterocycles. The highest BCUT2D eigenvalue weighted by molar-refractivity contribution is 5.77. The molecule has 0 aliphatic rings. The van der Waals surface area contributed by atoms with Crippen molar-refractivity contribution in [2.24, 2.45) is 0 Å². The molecule has 0 aromatic heterocycles. The third-order valence-electron chi connectivity index (χ3n) is 1.19. The van der Waals surface area contributed by atoms with Crippen LogP contribution in [0.15, 0.2) is 0 Å². The molecule has 0 spiro atoms. The number of rotatable bonds is 3. The van der Waals surface area contributed by atoms with Gasteiger partial charge in [0.15, 0.2) is 0 Å². The van der Waals surface area contributed by atoms with Crippen LogP contribution in [0.5, 0.6) is 0 Å². The van der Waals surface area contributed by atoms with E-state index in [1.165, 1.54) is 0 Å². The smallest absolute Gasteiger partial charge is 0.254 e. The van der Waals surface area contributed by atoms with Crippen molar-refractivity contribution in [3.8, 4) is 0 Å². The minimum Gasteiger partial charge on any atom is -0.254 e. The quantitative estimate of drug-likeness (QED) is 0.380. The maximum atomic E-state index is 12.3. The van der Waals surface area contributed by atoms with Crippen LogP contribution in [0.4, 0.5) is 22.0 Å². The fourth-order valence-electron chi connectivity index (χ4n) is 0.399. The fourth-order valence-corrected chi connectivity index (χ4v) is 0.399. The lowest BCUT2D eigenvalue weighted by atomic mass is 10.3. The molecular weight excluding hydrogens is 185 g/mol. The Bertz CT molecular complexity index is 190. The van der Waals surface area contributed by atoms with Gasteiger partial charge >= 0.3 is 18.0 Å². The summed E-state index contributed by atoms with van der Waals surface area (Å²) in [6.45, 7) is 0. The van der Waals surface area contributed by atoms with Crippen molar-refractivity contribution in [2.75, 3.05) is 14.1 Å². The maximum absolute atomic E-state index is 12.3. The normalized spacial score (nSPS) is 13.7. The van der Waals surface area contributed by atoms with Crippen LogP contribution in [0.1, 0.15) is 0 Å². The molecule has 0 bridgehead atoms. The summed E-state index contributed by atoms with van der Waals surface area (Å²) >= 11 is 0. The zero-order chi connectivity index (χ0) is 10.2. The molecule has 12 heavy (non-hydrogen) atoms. The molecule has 0 N–H and O–H groups in total. The van der Waals surface area contributed by atoms with Crippen LogP contribution in [-0.2, 0) is 4.79 Å². The van der Waals surface area contributed by atoms with Gasteiger partial charge in [-0.25, -0.2) is 4.90 Å². The third-order valence-corrected chi connectivity index (χ3v) is 1.19. The summed E-state index contributed by atoms with van der Waals surface area (Å²) in [4.78, 5) is 9.26. The number of nitrogens with zero attached hydrogens (tertiary/aromatic N) is 1. The van der Waals surface area contributed by atoms with Gasteiger partial charge in [-0.15, -0.1) is 0 Å². The molecule has 0 aromatic carbocycles. The summed E-state index contributed by atoms with van der Waals surface area (Å²) in [7, 11) is 1.22. The van der Waals surface area contributed by atoms with Crippen molar-refractivity contribution >= 4 is 6.04 Å². The first-order chi connectivity index (χ1) is 5.14. The van der Waals surface area contributed by atoms with Crippen molar-refractivity contribution in [1.82, 2.24) is 4.90 Å². The minimum absolute atomic E-state index is 0.232. The lowest BCUT2D eigenvalue weighted by Crippen LogP contribution is -2.54. The topological polar surface area (TPSA) is 20.3 Å². The van der Waals surface area contributed by atoms with Gasteiger partial charge in [0.25, 0.3) is 0 Å². The van der Waals surface area contributed by atoms with Crippen molar-refractivity contribution in [3.63, 3.8) is 0 Å².